The topological polar surface area (TPSA) is 93.2 Å². The van der Waals surface area contributed by atoms with Crippen molar-refractivity contribution in [3.05, 3.63) is 29.3 Å². The van der Waals surface area contributed by atoms with Crippen LogP contribution in [0.2, 0.25) is 5.02 Å². The fourth-order valence-electron chi connectivity index (χ4n) is 3.95. The van der Waals surface area contributed by atoms with Crippen LogP contribution in [-0.2, 0) is 9.59 Å². The van der Waals surface area contributed by atoms with E-state index in [1.165, 1.54) is 4.90 Å². The second-order valence-electron chi connectivity index (χ2n) is 7.87. The molecule has 2 atom stereocenters. The number of hydrogen-bond donors (Lipinski definition) is 2. The smallest absolute Gasteiger partial charge is 0.322 e. The van der Waals surface area contributed by atoms with Gasteiger partial charge in [-0.15, -0.1) is 0 Å². The highest BCUT2D eigenvalue weighted by Crippen LogP contribution is 2.18. The van der Waals surface area contributed by atoms with Gasteiger partial charge in [-0.3, -0.25) is 9.59 Å². The second kappa shape index (κ2) is 10.1. The monoisotopic (exact) mass is 436 g/mol. The van der Waals surface area contributed by atoms with Crippen molar-refractivity contribution < 1.29 is 19.5 Å². The molecule has 0 spiro atoms. The van der Waals surface area contributed by atoms with E-state index >= 15 is 0 Å². The van der Waals surface area contributed by atoms with Crippen LogP contribution in [0, 0.1) is 0 Å². The summed E-state index contributed by atoms with van der Waals surface area (Å²) in [4.78, 5) is 42.5. The second-order valence-corrected chi connectivity index (χ2v) is 8.31. The fourth-order valence-corrected chi connectivity index (χ4v) is 4.14. The molecule has 0 radical (unpaired) electrons. The first-order chi connectivity index (χ1) is 14.3. The summed E-state index contributed by atoms with van der Waals surface area (Å²) in [6.45, 7) is 4.14. The lowest BCUT2D eigenvalue weighted by atomic mass is 10.1. The molecule has 2 saturated heterocycles. The van der Waals surface area contributed by atoms with Crippen LogP contribution < -0.4 is 5.32 Å². The number of piperazine rings is 1. The molecule has 30 heavy (non-hydrogen) atoms. The summed E-state index contributed by atoms with van der Waals surface area (Å²) in [6.07, 6.45) is 2.05. The van der Waals surface area contributed by atoms with Crippen molar-refractivity contribution in [2.24, 2.45) is 0 Å². The first-order valence-electron chi connectivity index (χ1n) is 10.4. The highest BCUT2D eigenvalue weighted by molar-refractivity contribution is 6.30. The summed E-state index contributed by atoms with van der Waals surface area (Å²) in [7, 11) is 0. The van der Waals surface area contributed by atoms with Crippen LogP contribution in [0.1, 0.15) is 32.6 Å². The number of carbonyl (C=O) groups is 3. The molecular formula is C21H29ClN4O4. The zero-order valence-electron chi connectivity index (χ0n) is 17.2. The van der Waals surface area contributed by atoms with Gasteiger partial charge in [0.1, 0.15) is 6.04 Å². The molecule has 2 unspecified atom stereocenters. The molecule has 0 aliphatic carbocycles. The zero-order chi connectivity index (χ0) is 21.7. The number of urea groups is 1. The first-order valence-corrected chi connectivity index (χ1v) is 10.8. The number of carbonyl (C=O) groups excluding carboxylic acids is 3. The number of β-amino-alcohol motifs (C(OH)–C–C–N with tert-alkyl or cyclic N) is 1. The molecule has 1 aromatic carbocycles. The molecule has 8 nitrogen and oxygen atoms in total. The van der Waals surface area contributed by atoms with Crippen molar-refractivity contribution in [2.75, 3.05) is 38.0 Å². The van der Waals surface area contributed by atoms with Crippen LogP contribution in [-0.4, -0.2) is 82.5 Å². The Labute approximate surface area is 181 Å². The number of aliphatic hydroxyl groups is 1. The number of hydrogen-bond acceptors (Lipinski definition) is 4. The first kappa shape index (κ1) is 22.4. The largest absolute Gasteiger partial charge is 0.391 e. The Balaban J connectivity index is 1.45. The van der Waals surface area contributed by atoms with Crippen molar-refractivity contribution in [1.29, 1.82) is 0 Å². The Morgan fingerprint density at radius 2 is 2.07 bits per heavy atom. The quantitative estimate of drug-likeness (QED) is 0.739. The van der Waals surface area contributed by atoms with Gasteiger partial charge in [-0.2, -0.15) is 0 Å². The zero-order valence-corrected chi connectivity index (χ0v) is 18.0. The predicted octanol–water partition coefficient (Wildman–Crippen LogP) is 2.17. The lowest BCUT2D eigenvalue weighted by molar-refractivity contribution is -0.140. The number of benzene rings is 1. The van der Waals surface area contributed by atoms with E-state index in [-0.39, 0.29) is 17.8 Å². The van der Waals surface area contributed by atoms with Crippen molar-refractivity contribution in [2.45, 2.75) is 44.8 Å². The Kier molecular flexibility index (Phi) is 7.55. The number of rotatable bonds is 5. The minimum Gasteiger partial charge on any atom is -0.391 e. The van der Waals surface area contributed by atoms with E-state index in [0.717, 1.165) is 12.8 Å². The van der Waals surface area contributed by atoms with Crippen molar-refractivity contribution in [1.82, 2.24) is 14.7 Å². The fraction of sp³-hybridized carbons (Fsp3) is 0.571. The molecule has 1 aromatic rings. The number of piperidine rings is 1. The molecule has 3 rings (SSSR count). The van der Waals surface area contributed by atoms with Gasteiger partial charge in [0, 0.05) is 49.9 Å². The highest BCUT2D eigenvalue weighted by atomic mass is 35.5. The maximum absolute atomic E-state index is 12.7. The van der Waals surface area contributed by atoms with Gasteiger partial charge in [-0.05, 0) is 44.4 Å². The average molecular weight is 437 g/mol. The number of aliphatic hydroxyl groups excluding tert-OH is 1. The summed E-state index contributed by atoms with van der Waals surface area (Å²) in [6, 6.07) is 5.95. The van der Waals surface area contributed by atoms with E-state index in [1.807, 2.05) is 0 Å². The molecule has 0 saturated carbocycles. The van der Waals surface area contributed by atoms with Gasteiger partial charge in [0.25, 0.3) is 0 Å². The van der Waals surface area contributed by atoms with Gasteiger partial charge in [-0.1, -0.05) is 17.7 Å². The average Bonchev–Trinajstić information content (AvgIpc) is 2.71. The molecule has 164 valence electrons. The van der Waals surface area contributed by atoms with Crippen LogP contribution in [0.5, 0.6) is 0 Å². The van der Waals surface area contributed by atoms with Crippen molar-refractivity contribution in [3.63, 3.8) is 0 Å². The maximum Gasteiger partial charge on any atom is 0.322 e. The van der Waals surface area contributed by atoms with Crippen LogP contribution in [0.25, 0.3) is 0 Å². The summed E-state index contributed by atoms with van der Waals surface area (Å²) in [5.74, 6) is -0.0999. The normalized spacial score (nSPS) is 22.2. The van der Waals surface area contributed by atoms with Gasteiger partial charge >= 0.3 is 6.03 Å². The third kappa shape index (κ3) is 5.64. The standard InChI is InChI=1S/C21H29ClN4O4/c1-15-20(29)24(9-4-8-19(28)25-10-3-7-18(27)14-25)11-12-26(15)21(30)23-17-6-2-5-16(22)13-17/h2,5-6,13,15,18,27H,3-4,7-12,14H2,1H3,(H,23,30). The molecular weight excluding hydrogens is 408 g/mol. The number of halogens is 1. The number of likely N-dealkylation sites (tertiary alicyclic amines) is 1. The molecule has 2 aliphatic heterocycles. The van der Waals surface area contributed by atoms with Crippen LogP contribution in [0.3, 0.4) is 0 Å². The number of anilines is 1. The highest BCUT2D eigenvalue weighted by Gasteiger charge is 2.34. The molecule has 4 amide bonds. The van der Waals surface area contributed by atoms with Crippen LogP contribution in [0.15, 0.2) is 24.3 Å². The molecule has 0 bridgehead atoms. The van der Waals surface area contributed by atoms with E-state index < -0.39 is 12.1 Å². The van der Waals surface area contributed by atoms with Crippen LogP contribution in [0.4, 0.5) is 10.5 Å². The summed E-state index contributed by atoms with van der Waals surface area (Å²) < 4.78 is 0. The molecule has 2 heterocycles. The van der Waals surface area contributed by atoms with E-state index in [2.05, 4.69) is 5.32 Å². The maximum atomic E-state index is 12.7. The summed E-state index contributed by atoms with van der Waals surface area (Å²) >= 11 is 5.95. The third-order valence-electron chi connectivity index (χ3n) is 5.65. The number of nitrogens with zero attached hydrogens (tertiary/aromatic N) is 3. The molecule has 2 aliphatic rings. The van der Waals surface area contributed by atoms with Crippen molar-refractivity contribution >= 4 is 35.1 Å². The van der Waals surface area contributed by atoms with Crippen LogP contribution >= 0.6 is 11.6 Å². The molecule has 2 N–H and O–H groups in total. The van der Waals surface area contributed by atoms with E-state index in [1.54, 1.807) is 41.0 Å². The SMILES string of the molecule is CC1C(=O)N(CCCC(=O)N2CCCC(O)C2)CCN1C(=O)Nc1cccc(Cl)c1. The summed E-state index contributed by atoms with van der Waals surface area (Å²) in [5.41, 5.74) is 0.580. The molecule has 2 fully saturated rings. The Morgan fingerprint density at radius 3 is 2.80 bits per heavy atom. The molecule has 9 heteroatoms. The van der Waals surface area contributed by atoms with Gasteiger partial charge < -0.3 is 25.1 Å². The van der Waals surface area contributed by atoms with Gasteiger partial charge in [0.15, 0.2) is 0 Å². The predicted molar refractivity (Wildman–Crippen MR) is 114 cm³/mol. The van der Waals surface area contributed by atoms with E-state index in [0.29, 0.717) is 56.3 Å². The summed E-state index contributed by atoms with van der Waals surface area (Å²) in [5, 5.41) is 13.0. The van der Waals surface area contributed by atoms with E-state index in [4.69, 9.17) is 11.6 Å². The lowest BCUT2D eigenvalue weighted by Gasteiger charge is -2.39. The van der Waals surface area contributed by atoms with Gasteiger partial charge in [0.05, 0.1) is 6.10 Å². The Hall–Kier alpha value is -2.32. The number of amides is 4. The Morgan fingerprint density at radius 1 is 1.27 bits per heavy atom. The lowest BCUT2D eigenvalue weighted by Crippen LogP contribution is -2.58. The minimum atomic E-state index is -0.578. The van der Waals surface area contributed by atoms with E-state index in [9.17, 15) is 19.5 Å². The minimum absolute atomic E-state index is 0.0220. The van der Waals surface area contributed by atoms with Gasteiger partial charge in [-0.25, -0.2) is 4.79 Å². The third-order valence-corrected chi connectivity index (χ3v) is 5.89. The van der Waals surface area contributed by atoms with Gasteiger partial charge in [0.2, 0.25) is 11.8 Å². The molecule has 0 aromatic heterocycles. The Bertz CT molecular complexity index is 790. The number of nitrogens with one attached hydrogen (secondary N) is 1. The van der Waals surface area contributed by atoms with Crippen molar-refractivity contribution in [3.8, 4) is 0 Å².